The molecular weight excluding hydrogens is 492 g/mol. The molecule has 1 aromatic carbocycles. The van der Waals surface area contributed by atoms with E-state index in [0.29, 0.717) is 29.2 Å². The molecule has 0 spiro atoms. The van der Waals surface area contributed by atoms with Crippen molar-refractivity contribution in [3.05, 3.63) is 41.1 Å². The third-order valence-electron chi connectivity index (χ3n) is 6.90. The first-order valence-electron chi connectivity index (χ1n) is 12.2. The normalized spacial score (nSPS) is 27.7. The van der Waals surface area contributed by atoms with E-state index in [0.717, 1.165) is 35.9 Å². The minimum atomic E-state index is -1.13. The molecule has 194 valence electrons. The number of aromatic nitrogens is 5. The number of halogens is 2. The van der Waals surface area contributed by atoms with Crippen LogP contribution >= 0.6 is 11.8 Å². The summed E-state index contributed by atoms with van der Waals surface area (Å²) in [5, 5.41) is 39.4. The van der Waals surface area contributed by atoms with Gasteiger partial charge >= 0.3 is 0 Å². The van der Waals surface area contributed by atoms with E-state index in [9.17, 15) is 19.0 Å². The molecule has 2 saturated carbocycles. The van der Waals surface area contributed by atoms with Gasteiger partial charge in [0.25, 0.3) is 0 Å². The van der Waals surface area contributed by atoms with E-state index in [-0.39, 0.29) is 25.0 Å². The highest BCUT2D eigenvalue weighted by Crippen LogP contribution is 2.49. The zero-order valence-corrected chi connectivity index (χ0v) is 20.6. The van der Waals surface area contributed by atoms with Crippen molar-refractivity contribution in [3.63, 3.8) is 0 Å². The van der Waals surface area contributed by atoms with Crippen molar-refractivity contribution in [2.75, 3.05) is 19.0 Å². The lowest BCUT2D eigenvalue weighted by Gasteiger charge is -2.17. The van der Waals surface area contributed by atoms with Gasteiger partial charge in [-0.25, -0.2) is 23.4 Å². The Morgan fingerprint density at radius 2 is 1.97 bits per heavy atom. The van der Waals surface area contributed by atoms with Crippen molar-refractivity contribution in [2.45, 2.75) is 68.0 Å². The number of nitrogens with zero attached hydrogens (tertiary/aromatic N) is 5. The van der Waals surface area contributed by atoms with Crippen molar-refractivity contribution < 1.29 is 28.8 Å². The van der Waals surface area contributed by atoms with Gasteiger partial charge in [-0.2, -0.15) is 0 Å². The molecule has 36 heavy (non-hydrogen) atoms. The maximum atomic E-state index is 13.7. The maximum Gasteiger partial charge on any atom is 0.189 e. The van der Waals surface area contributed by atoms with Crippen LogP contribution in [-0.2, 0) is 11.2 Å². The van der Waals surface area contributed by atoms with Gasteiger partial charge in [0.05, 0.1) is 31.1 Å². The molecule has 5 rings (SSSR count). The second-order valence-corrected chi connectivity index (χ2v) is 10.5. The van der Waals surface area contributed by atoms with E-state index < -0.39 is 36.0 Å². The zero-order valence-electron chi connectivity index (χ0n) is 19.8. The smallest absolute Gasteiger partial charge is 0.189 e. The van der Waals surface area contributed by atoms with Crippen LogP contribution in [0, 0.1) is 17.6 Å². The van der Waals surface area contributed by atoms with E-state index in [1.165, 1.54) is 22.5 Å². The molecule has 0 bridgehead atoms. The molecule has 2 unspecified atom stereocenters. The van der Waals surface area contributed by atoms with Gasteiger partial charge < -0.3 is 20.1 Å². The summed E-state index contributed by atoms with van der Waals surface area (Å²) >= 11 is 1.52. The summed E-state index contributed by atoms with van der Waals surface area (Å²) < 4.78 is 34.1. The number of aliphatic hydroxyl groups is 3. The summed E-state index contributed by atoms with van der Waals surface area (Å²) in [4.78, 5) is 9.42. The van der Waals surface area contributed by atoms with Crippen molar-refractivity contribution in [3.8, 4) is 0 Å². The van der Waals surface area contributed by atoms with Crippen molar-refractivity contribution in [1.29, 1.82) is 0 Å². The van der Waals surface area contributed by atoms with Crippen molar-refractivity contribution in [1.82, 2.24) is 25.0 Å². The number of hydrogen-bond donors (Lipinski definition) is 3. The van der Waals surface area contributed by atoms with Gasteiger partial charge in [-0.05, 0) is 48.8 Å². The number of fused-ring (bicyclic) bond motifs is 1. The molecule has 0 aliphatic heterocycles. The topological polar surface area (TPSA) is 126 Å². The fourth-order valence-electron chi connectivity index (χ4n) is 4.94. The lowest BCUT2D eigenvalue weighted by molar-refractivity contribution is -0.0629. The molecular formula is C24H29F2N5O4S. The first-order chi connectivity index (χ1) is 17.4. The Hall–Kier alpha value is -2.25. The van der Waals surface area contributed by atoms with Crippen LogP contribution in [0.25, 0.3) is 11.2 Å². The second-order valence-electron chi connectivity index (χ2n) is 9.40. The Bertz CT molecular complexity index is 1230. The van der Waals surface area contributed by atoms with E-state index >= 15 is 0 Å². The largest absolute Gasteiger partial charge is 0.394 e. The molecule has 3 aromatic rings. The molecule has 0 amide bonds. The fraction of sp³-hybridized carbons (Fsp3) is 0.583. The SMILES string of the molecule is CCCSc1nc(CC2C[C@@H]2c2ccc(F)c(F)c2)c2nnn(C3C[C@H](OCCO)[C@@H](O)[C@H]3O)c2n1. The molecule has 2 heterocycles. The van der Waals surface area contributed by atoms with Crippen molar-refractivity contribution >= 4 is 22.9 Å². The molecule has 0 radical (unpaired) electrons. The van der Waals surface area contributed by atoms with Crippen LogP contribution in [0.15, 0.2) is 23.4 Å². The number of rotatable bonds is 10. The van der Waals surface area contributed by atoms with Crippen molar-refractivity contribution in [2.24, 2.45) is 5.92 Å². The Labute approximate surface area is 210 Å². The standard InChI is InChI=1S/C24H29F2N5O4S/c1-2-7-36-24-27-17(10-13-8-14(13)12-3-4-15(25)16(26)9-12)20-23(28-24)31(30-29-20)18-11-19(35-6-5-32)22(34)21(18)33/h3-4,9,13-14,18-19,21-22,32-34H,2,5-8,10-11H2,1H3/t13?,14-,18?,19+,21+,22-/m1/s1. The van der Waals surface area contributed by atoms with E-state index in [1.54, 1.807) is 6.07 Å². The van der Waals surface area contributed by atoms with Gasteiger partial charge in [-0.1, -0.05) is 30.0 Å². The summed E-state index contributed by atoms with van der Waals surface area (Å²) in [7, 11) is 0. The number of thioether (sulfide) groups is 1. The Morgan fingerprint density at radius 3 is 2.72 bits per heavy atom. The maximum absolute atomic E-state index is 13.7. The number of hydrogen-bond acceptors (Lipinski definition) is 9. The van der Waals surface area contributed by atoms with Crippen LogP contribution in [0.1, 0.15) is 49.4 Å². The zero-order chi connectivity index (χ0) is 25.4. The van der Waals surface area contributed by atoms with Crippen LogP contribution in [0.5, 0.6) is 0 Å². The van der Waals surface area contributed by atoms with E-state index in [2.05, 4.69) is 22.2 Å². The molecule has 2 fully saturated rings. The van der Waals surface area contributed by atoms with Crippen LogP contribution in [0.3, 0.4) is 0 Å². The summed E-state index contributed by atoms with van der Waals surface area (Å²) in [5.74, 6) is -0.552. The molecule has 2 aliphatic rings. The number of aliphatic hydroxyl groups excluding tert-OH is 3. The first kappa shape index (κ1) is 25.4. The van der Waals surface area contributed by atoms with Gasteiger partial charge in [-0.3, -0.25) is 0 Å². The summed E-state index contributed by atoms with van der Waals surface area (Å²) in [5.41, 5.74) is 2.49. The summed E-state index contributed by atoms with van der Waals surface area (Å²) in [6.45, 7) is 1.94. The van der Waals surface area contributed by atoms with Crippen LogP contribution in [0.4, 0.5) is 8.78 Å². The van der Waals surface area contributed by atoms with Crippen LogP contribution < -0.4 is 0 Å². The predicted octanol–water partition coefficient (Wildman–Crippen LogP) is 2.39. The van der Waals surface area contributed by atoms with Gasteiger partial charge in [0, 0.05) is 12.2 Å². The Kier molecular flexibility index (Phi) is 7.49. The third kappa shape index (κ3) is 4.97. The van der Waals surface area contributed by atoms with Crippen LogP contribution in [0.2, 0.25) is 0 Å². The monoisotopic (exact) mass is 521 g/mol. The highest BCUT2D eigenvalue weighted by molar-refractivity contribution is 7.99. The number of benzene rings is 1. The lowest BCUT2D eigenvalue weighted by Crippen LogP contribution is -2.33. The summed E-state index contributed by atoms with van der Waals surface area (Å²) in [6.07, 6.45) is -0.256. The number of ether oxygens (including phenoxy) is 1. The van der Waals surface area contributed by atoms with E-state index in [1.807, 2.05) is 0 Å². The Balaban J connectivity index is 1.43. The van der Waals surface area contributed by atoms with Gasteiger partial charge in [0.2, 0.25) is 0 Å². The minimum absolute atomic E-state index is 0.0594. The molecule has 12 heteroatoms. The molecule has 9 nitrogen and oxygen atoms in total. The van der Waals surface area contributed by atoms with E-state index in [4.69, 9.17) is 14.8 Å². The lowest BCUT2D eigenvalue weighted by atomic mass is 10.1. The van der Waals surface area contributed by atoms with Crippen LogP contribution in [-0.4, -0.2) is 77.6 Å². The quantitative estimate of drug-likeness (QED) is 0.272. The Morgan fingerprint density at radius 1 is 1.14 bits per heavy atom. The molecule has 0 saturated heterocycles. The molecule has 2 aliphatic carbocycles. The van der Waals surface area contributed by atoms with Gasteiger partial charge in [0.15, 0.2) is 28.0 Å². The summed E-state index contributed by atoms with van der Waals surface area (Å²) in [6, 6.07) is 3.44. The molecule has 6 atom stereocenters. The predicted molar refractivity (Wildman–Crippen MR) is 128 cm³/mol. The highest BCUT2D eigenvalue weighted by atomic mass is 32.2. The highest BCUT2D eigenvalue weighted by Gasteiger charge is 2.45. The minimum Gasteiger partial charge on any atom is -0.394 e. The van der Waals surface area contributed by atoms with Gasteiger partial charge in [-0.15, -0.1) is 5.10 Å². The average Bonchev–Trinajstić information content (AvgIpc) is 3.41. The van der Waals surface area contributed by atoms with Gasteiger partial charge in [0.1, 0.15) is 12.2 Å². The fourth-order valence-corrected chi connectivity index (χ4v) is 5.65. The first-order valence-corrected chi connectivity index (χ1v) is 13.2. The third-order valence-corrected chi connectivity index (χ3v) is 7.95. The molecule has 2 aromatic heterocycles. The molecule has 3 N–H and O–H groups in total. The average molecular weight is 522 g/mol. The second kappa shape index (κ2) is 10.6.